The zero-order valence-electron chi connectivity index (χ0n) is 15.7. The zero-order valence-corrected chi connectivity index (χ0v) is 15.7. The normalized spacial score (nSPS) is 15.2. The van der Waals surface area contributed by atoms with Crippen molar-refractivity contribution in [2.24, 2.45) is 0 Å². The molecule has 28 heavy (non-hydrogen) atoms. The zero-order chi connectivity index (χ0) is 20.6. The topological polar surface area (TPSA) is 107 Å². The lowest BCUT2D eigenvalue weighted by atomic mass is 9.83. The van der Waals surface area contributed by atoms with Gasteiger partial charge in [0.25, 0.3) is 0 Å². The van der Waals surface area contributed by atoms with Crippen molar-refractivity contribution in [3.63, 3.8) is 0 Å². The minimum atomic E-state index is -1.20. The van der Waals surface area contributed by atoms with Gasteiger partial charge in [0, 0.05) is 25.8 Å². The summed E-state index contributed by atoms with van der Waals surface area (Å²) in [5.74, 6) is -0.611. The predicted octanol–water partition coefficient (Wildman–Crippen LogP) is -0.586. The van der Waals surface area contributed by atoms with Crippen molar-refractivity contribution in [1.29, 1.82) is 0 Å². The van der Waals surface area contributed by atoms with E-state index in [0.29, 0.717) is 24.8 Å². The van der Waals surface area contributed by atoms with E-state index in [4.69, 9.17) is 0 Å². The number of anilines is 1. The molecule has 9 nitrogen and oxygen atoms in total. The number of amides is 4. The number of aldehydes is 1. The summed E-state index contributed by atoms with van der Waals surface area (Å²) in [5.41, 5.74) is -0.636. The van der Waals surface area contributed by atoms with Crippen molar-refractivity contribution in [1.82, 2.24) is 15.1 Å². The van der Waals surface area contributed by atoms with Crippen LogP contribution in [0.1, 0.15) is 12.8 Å². The first-order valence-corrected chi connectivity index (χ1v) is 8.94. The number of para-hydroxylation sites is 1. The Bertz CT molecular complexity index is 716. The fraction of sp³-hybridized carbons (Fsp3) is 0.421. The van der Waals surface area contributed by atoms with Crippen LogP contribution in [0.25, 0.3) is 0 Å². The third-order valence-corrected chi connectivity index (χ3v) is 4.97. The largest absolute Gasteiger partial charge is 0.350 e. The number of likely N-dealkylation sites (tertiary alicyclic amines) is 1. The van der Waals surface area contributed by atoms with Gasteiger partial charge in [-0.3, -0.25) is 24.1 Å². The molecule has 9 heteroatoms. The minimum absolute atomic E-state index is 0.0893. The van der Waals surface area contributed by atoms with Crippen LogP contribution in [0.4, 0.5) is 5.69 Å². The molecule has 0 aromatic heterocycles. The van der Waals surface area contributed by atoms with E-state index in [1.807, 2.05) is 0 Å². The number of rotatable bonds is 9. The standard InChI is InChI=1S/C19H24N4O5/c1-21(11-12-24)18(28)19(23(15-26)16-5-3-2-4-6-16)7-9-22(10-8-19)17(27)13-20-14-25/h2-6,12,14-15H,7-11,13H2,1H3,(H,20,25). The molecule has 1 fully saturated rings. The van der Waals surface area contributed by atoms with Crippen LogP contribution in [0.3, 0.4) is 0 Å². The highest BCUT2D eigenvalue weighted by molar-refractivity contribution is 5.97. The van der Waals surface area contributed by atoms with Gasteiger partial charge in [0.05, 0.1) is 13.1 Å². The first kappa shape index (κ1) is 21.1. The third-order valence-electron chi connectivity index (χ3n) is 4.97. The molecule has 4 amide bonds. The Labute approximate surface area is 163 Å². The lowest BCUT2D eigenvalue weighted by Gasteiger charge is -2.47. The Morgan fingerprint density at radius 1 is 1.14 bits per heavy atom. The van der Waals surface area contributed by atoms with E-state index in [-0.39, 0.29) is 50.8 Å². The summed E-state index contributed by atoms with van der Waals surface area (Å²) in [4.78, 5) is 62.9. The van der Waals surface area contributed by atoms with Crippen molar-refractivity contribution in [2.75, 3.05) is 38.1 Å². The fourth-order valence-corrected chi connectivity index (χ4v) is 3.47. The van der Waals surface area contributed by atoms with Crippen LogP contribution < -0.4 is 10.2 Å². The molecule has 0 saturated carbocycles. The van der Waals surface area contributed by atoms with Crippen molar-refractivity contribution >= 4 is 36.6 Å². The van der Waals surface area contributed by atoms with Gasteiger partial charge in [-0.25, -0.2) is 0 Å². The van der Waals surface area contributed by atoms with Crippen LogP contribution in [0, 0.1) is 0 Å². The first-order valence-electron chi connectivity index (χ1n) is 8.94. The molecule has 1 aromatic rings. The van der Waals surface area contributed by atoms with E-state index in [2.05, 4.69) is 5.32 Å². The smallest absolute Gasteiger partial charge is 0.249 e. The van der Waals surface area contributed by atoms with E-state index in [0.717, 1.165) is 0 Å². The number of hydrogen-bond donors (Lipinski definition) is 1. The van der Waals surface area contributed by atoms with Gasteiger partial charge in [0.1, 0.15) is 11.8 Å². The van der Waals surface area contributed by atoms with Gasteiger partial charge in [-0.05, 0) is 25.0 Å². The number of piperidine rings is 1. The molecule has 0 atom stereocenters. The number of likely N-dealkylation sites (N-methyl/N-ethyl adjacent to an activating group) is 1. The molecule has 1 heterocycles. The molecule has 150 valence electrons. The van der Waals surface area contributed by atoms with Crippen molar-refractivity contribution in [3.8, 4) is 0 Å². The van der Waals surface area contributed by atoms with Crippen LogP contribution in [0.15, 0.2) is 30.3 Å². The summed E-state index contributed by atoms with van der Waals surface area (Å²) in [6.07, 6.45) is 2.13. The lowest BCUT2D eigenvalue weighted by Crippen LogP contribution is -2.64. The Morgan fingerprint density at radius 2 is 1.79 bits per heavy atom. The monoisotopic (exact) mass is 388 g/mol. The maximum atomic E-state index is 13.2. The minimum Gasteiger partial charge on any atom is -0.350 e. The van der Waals surface area contributed by atoms with Crippen LogP contribution >= 0.6 is 0 Å². The summed E-state index contributed by atoms with van der Waals surface area (Å²) in [6, 6.07) is 8.80. The number of nitrogens with one attached hydrogen (secondary N) is 1. The number of hydrogen-bond acceptors (Lipinski definition) is 5. The SMILES string of the molecule is CN(CC=O)C(=O)C1(N(C=O)c2ccccc2)CCN(C(=O)CNC=O)CC1. The van der Waals surface area contributed by atoms with Crippen molar-refractivity contribution < 1.29 is 24.0 Å². The van der Waals surface area contributed by atoms with Crippen LogP contribution in [-0.2, 0) is 24.0 Å². The average molecular weight is 388 g/mol. The van der Waals surface area contributed by atoms with Gasteiger partial charge in [0.15, 0.2) is 0 Å². The average Bonchev–Trinajstić information content (AvgIpc) is 2.73. The van der Waals surface area contributed by atoms with Gasteiger partial charge in [0.2, 0.25) is 24.6 Å². The molecule has 0 spiro atoms. The highest BCUT2D eigenvalue weighted by Crippen LogP contribution is 2.34. The Morgan fingerprint density at radius 3 is 2.32 bits per heavy atom. The van der Waals surface area contributed by atoms with Crippen LogP contribution in [0.2, 0.25) is 0 Å². The second-order valence-electron chi connectivity index (χ2n) is 6.57. The Kier molecular flexibility index (Phi) is 7.25. The van der Waals surface area contributed by atoms with Gasteiger partial charge in [-0.2, -0.15) is 0 Å². The quantitative estimate of drug-likeness (QED) is 0.569. The highest BCUT2D eigenvalue weighted by atomic mass is 16.2. The third kappa shape index (κ3) is 4.36. The molecule has 0 radical (unpaired) electrons. The van der Waals surface area contributed by atoms with E-state index < -0.39 is 5.54 Å². The summed E-state index contributed by atoms with van der Waals surface area (Å²) >= 11 is 0. The van der Waals surface area contributed by atoms with E-state index in [1.54, 1.807) is 35.2 Å². The lowest BCUT2D eigenvalue weighted by molar-refractivity contribution is -0.142. The van der Waals surface area contributed by atoms with Gasteiger partial charge >= 0.3 is 0 Å². The summed E-state index contributed by atoms with van der Waals surface area (Å²) < 4.78 is 0. The second-order valence-corrected chi connectivity index (χ2v) is 6.57. The number of carbonyl (C=O) groups excluding carboxylic acids is 5. The van der Waals surface area contributed by atoms with E-state index in [9.17, 15) is 24.0 Å². The van der Waals surface area contributed by atoms with Gasteiger partial charge < -0.3 is 19.9 Å². The molecule has 1 aliphatic heterocycles. The number of nitrogens with zero attached hydrogens (tertiary/aromatic N) is 3. The van der Waals surface area contributed by atoms with Crippen LogP contribution in [-0.4, -0.2) is 79.5 Å². The predicted molar refractivity (Wildman–Crippen MR) is 101 cm³/mol. The number of benzene rings is 1. The maximum Gasteiger partial charge on any atom is 0.249 e. The molecule has 1 aromatic carbocycles. The Hall–Kier alpha value is -3.23. The number of carbonyl (C=O) groups is 5. The summed E-state index contributed by atoms with van der Waals surface area (Å²) in [5, 5.41) is 2.33. The van der Waals surface area contributed by atoms with Crippen LogP contribution in [0.5, 0.6) is 0 Å². The maximum absolute atomic E-state index is 13.2. The molecule has 0 bridgehead atoms. The molecular formula is C19H24N4O5. The van der Waals surface area contributed by atoms with Crippen molar-refractivity contribution in [3.05, 3.63) is 30.3 Å². The highest BCUT2D eigenvalue weighted by Gasteiger charge is 2.48. The first-order chi connectivity index (χ1) is 13.5. The molecule has 1 aliphatic rings. The molecule has 2 rings (SSSR count). The fourth-order valence-electron chi connectivity index (χ4n) is 3.47. The molecular weight excluding hydrogens is 364 g/mol. The summed E-state index contributed by atoms with van der Waals surface area (Å²) in [6.45, 7) is 0.286. The van der Waals surface area contributed by atoms with Crippen molar-refractivity contribution in [2.45, 2.75) is 18.4 Å². The molecule has 0 unspecified atom stereocenters. The van der Waals surface area contributed by atoms with E-state index >= 15 is 0 Å². The summed E-state index contributed by atoms with van der Waals surface area (Å²) in [7, 11) is 1.51. The van der Waals surface area contributed by atoms with Gasteiger partial charge in [-0.1, -0.05) is 18.2 Å². The molecule has 0 aliphatic carbocycles. The second kappa shape index (κ2) is 9.63. The van der Waals surface area contributed by atoms with E-state index in [1.165, 1.54) is 16.8 Å². The molecule has 1 N–H and O–H groups in total. The van der Waals surface area contributed by atoms with Gasteiger partial charge in [-0.15, -0.1) is 0 Å². The Balaban J connectivity index is 2.32. The molecule has 1 saturated heterocycles.